The topological polar surface area (TPSA) is 3.24 Å². The molecule has 9 heavy (non-hydrogen) atoms. The van der Waals surface area contributed by atoms with E-state index in [-0.39, 0.29) is 0 Å². The van der Waals surface area contributed by atoms with Crippen molar-refractivity contribution in [2.75, 3.05) is 13.1 Å². The van der Waals surface area contributed by atoms with Crippen molar-refractivity contribution in [2.24, 2.45) is 11.3 Å². The maximum absolute atomic E-state index is 3.75. The van der Waals surface area contributed by atoms with Crippen LogP contribution in [0, 0.1) is 11.3 Å². The van der Waals surface area contributed by atoms with Gasteiger partial charge >= 0.3 is 0 Å². The summed E-state index contributed by atoms with van der Waals surface area (Å²) >= 11 is 0. The Labute approximate surface area is 56.4 Å². The average Bonchev–Trinajstić information content (AvgIpc) is 2.33. The van der Waals surface area contributed by atoms with Crippen molar-refractivity contribution >= 4 is 0 Å². The summed E-state index contributed by atoms with van der Waals surface area (Å²) in [5.41, 5.74) is 0.689. The molecule has 0 aromatic rings. The summed E-state index contributed by atoms with van der Waals surface area (Å²) in [7, 11) is 0. The largest absolute Gasteiger partial charge is 0.377 e. The standard InChI is InChI=1S/C8H13N/c1-3-9-5-7-4-8(7,2)6-9/h3,7H,1,4-6H2,2H3. The SMILES string of the molecule is C=CN1CC2CC2(C)C1. The van der Waals surface area contributed by atoms with Crippen LogP contribution in [-0.2, 0) is 0 Å². The zero-order valence-corrected chi connectivity index (χ0v) is 5.93. The van der Waals surface area contributed by atoms with Crippen LogP contribution in [-0.4, -0.2) is 18.0 Å². The highest BCUT2D eigenvalue weighted by Gasteiger charge is 2.55. The Balaban J connectivity index is 2.05. The van der Waals surface area contributed by atoms with Crippen LogP contribution in [0.25, 0.3) is 0 Å². The van der Waals surface area contributed by atoms with E-state index in [1.165, 1.54) is 19.5 Å². The third kappa shape index (κ3) is 0.606. The van der Waals surface area contributed by atoms with Crippen LogP contribution in [0.1, 0.15) is 13.3 Å². The molecule has 1 aliphatic heterocycles. The van der Waals surface area contributed by atoms with Crippen molar-refractivity contribution in [3.63, 3.8) is 0 Å². The molecule has 1 saturated carbocycles. The van der Waals surface area contributed by atoms with Gasteiger partial charge in [0, 0.05) is 13.1 Å². The van der Waals surface area contributed by atoms with Crippen molar-refractivity contribution in [2.45, 2.75) is 13.3 Å². The van der Waals surface area contributed by atoms with Crippen molar-refractivity contribution in [1.82, 2.24) is 4.90 Å². The molecule has 1 saturated heterocycles. The number of piperidine rings is 1. The summed E-state index contributed by atoms with van der Waals surface area (Å²) in [6.45, 7) is 8.65. The molecule has 0 N–H and O–H groups in total. The molecule has 0 aromatic carbocycles. The summed E-state index contributed by atoms with van der Waals surface area (Å²) in [5, 5.41) is 0. The van der Waals surface area contributed by atoms with Crippen LogP contribution in [0.4, 0.5) is 0 Å². The highest BCUT2D eigenvalue weighted by molar-refractivity contribution is 5.08. The molecule has 2 atom stereocenters. The Hall–Kier alpha value is -0.460. The van der Waals surface area contributed by atoms with E-state index in [2.05, 4.69) is 18.4 Å². The monoisotopic (exact) mass is 123 g/mol. The molecule has 0 bridgehead atoms. The molecule has 50 valence electrons. The summed E-state index contributed by atoms with van der Waals surface area (Å²) in [6, 6.07) is 0. The second kappa shape index (κ2) is 1.34. The number of fused-ring (bicyclic) bond motifs is 1. The van der Waals surface area contributed by atoms with Crippen molar-refractivity contribution < 1.29 is 0 Å². The molecule has 1 heterocycles. The van der Waals surface area contributed by atoms with E-state index in [4.69, 9.17) is 0 Å². The van der Waals surface area contributed by atoms with Gasteiger partial charge in [-0.2, -0.15) is 0 Å². The van der Waals surface area contributed by atoms with Gasteiger partial charge in [-0.25, -0.2) is 0 Å². The van der Waals surface area contributed by atoms with Crippen molar-refractivity contribution in [3.8, 4) is 0 Å². The first-order chi connectivity index (χ1) is 4.24. The molecule has 2 unspecified atom stereocenters. The van der Waals surface area contributed by atoms with Crippen LogP contribution in [0.15, 0.2) is 12.8 Å². The van der Waals surface area contributed by atoms with Gasteiger partial charge in [-0.05, 0) is 24.0 Å². The number of likely N-dealkylation sites (tertiary alicyclic amines) is 1. The zero-order valence-electron chi connectivity index (χ0n) is 5.93. The van der Waals surface area contributed by atoms with Gasteiger partial charge in [-0.1, -0.05) is 13.5 Å². The minimum Gasteiger partial charge on any atom is -0.377 e. The van der Waals surface area contributed by atoms with Crippen LogP contribution >= 0.6 is 0 Å². The minimum atomic E-state index is 0.689. The van der Waals surface area contributed by atoms with Gasteiger partial charge < -0.3 is 4.90 Å². The molecule has 0 aromatic heterocycles. The van der Waals surface area contributed by atoms with Crippen LogP contribution in [0.5, 0.6) is 0 Å². The maximum atomic E-state index is 3.75. The normalized spacial score (nSPS) is 46.8. The van der Waals surface area contributed by atoms with E-state index in [1.807, 2.05) is 6.20 Å². The molecule has 1 aliphatic carbocycles. The number of nitrogens with zero attached hydrogens (tertiary/aromatic N) is 1. The summed E-state index contributed by atoms with van der Waals surface area (Å²) in [5.74, 6) is 0.996. The maximum Gasteiger partial charge on any atom is 0.0229 e. The zero-order chi connectivity index (χ0) is 6.48. The van der Waals surface area contributed by atoms with Gasteiger partial charge in [0.05, 0.1) is 0 Å². The second-order valence-electron chi connectivity index (χ2n) is 3.67. The lowest BCUT2D eigenvalue weighted by atomic mass is 10.1. The van der Waals surface area contributed by atoms with Gasteiger partial charge in [0.25, 0.3) is 0 Å². The minimum absolute atomic E-state index is 0.689. The Morgan fingerprint density at radius 2 is 2.56 bits per heavy atom. The number of rotatable bonds is 1. The first kappa shape index (κ1) is 5.33. The van der Waals surface area contributed by atoms with Gasteiger partial charge in [0.1, 0.15) is 0 Å². The molecule has 2 aliphatic rings. The molecular weight excluding hydrogens is 110 g/mol. The fourth-order valence-corrected chi connectivity index (χ4v) is 1.93. The molecule has 2 fully saturated rings. The van der Waals surface area contributed by atoms with Crippen molar-refractivity contribution in [1.29, 1.82) is 0 Å². The van der Waals surface area contributed by atoms with Gasteiger partial charge in [0.2, 0.25) is 0 Å². The molecule has 1 heteroatoms. The van der Waals surface area contributed by atoms with E-state index >= 15 is 0 Å². The van der Waals surface area contributed by atoms with Crippen LogP contribution < -0.4 is 0 Å². The van der Waals surface area contributed by atoms with Gasteiger partial charge in [0.15, 0.2) is 0 Å². The Morgan fingerprint density at radius 1 is 1.78 bits per heavy atom. The molecule has 2 rings (SSSR count). The first-order valence-corrected chi connectivity index (χ1v) is 3.61. The van der Waals surface area contributed by atoms with E-state index in [0.717, 1.165) is 5.92 Å². The predicted molar refractivity (Wildman–Crippen MR) is 38.0 cm³/mol. The lowest BCUT2D eigenvalue weighted by Gasteiger charge is -2.14. The van der Waals surface area contributed by atoms with E-state index < -0.39 is 0 Å². The summed E-state index contributed by atoms with van der Waals surface area (Å²) < 4.78 is 0. The van der Waals surface area contributed by atoms with E-state index in [1.54, 1.807) is 0 Å². The molecular formula is C8H13N. The fourth-order valence-electron chi connectivity index (χ4n) is 1.93. The predicted octanol–water partition coefficient (Wildman–Crippen LogP) is 1.47. The number of hydrogen-bond acceptors (Lipinski definition) is 1. The average molecular weight is 123 g/mol. The Bertz CT molecular complexity index is 153. The second-order valence-corrected chi connectivity index (χ2v) is 3.67. The highest BCUT2D eigenvalue weighted by Crippen LogP contribution is 2.57. The van der Waals surface area contributed by atoms with E-state index in [9.17, 15) is 0 Å². The number of hydrogen-bond donors (Lipinski definition) is 0. The quantitative estimate of drug-likeness (QED) is 0.510. The third-order valence-corrected chi connectivity index (χ3v) is 2.82. The highest BCUT2D eigenvalue weighted by atomic mass is 15.2. The first-order valence-electron chi connectivity index (χ1n) is 3.61. The van der Waals surface area contributed by atoms with Crippen LogP contribution in [0.2, 0.25) is 0 Å². The van der Waals surface area contributed by atoms with E-state index in [0.29, 0.717) is 5.41 Å². The van der Waals surface area contributed by atoms with Crippen molar-refractivity contribution in [3.05, 3.63) is 12.8 Å². The Morgan fingerprint density at radius 3 is 2.89 bits per heavy atom. The smallest absolute Gasteiger partial charge is 0.0229 e. The third-order valence-electron chi connectivity index (χ3n) is 2.82. The molecule has 1 nitrogen and oxygen atoms in total. The lowest BCUT2D eigenvalue weighted by molar-refractivity contribution is 0.385. The van der Waals surface area contributed by atoms with Crippen LogP contribution in [0.3, 0.4) is 0 Å². The fraction of sp³-hybridized carbons (Fsp3) is 0.750. The van der Waals surface area contributed by atoms with Gasteiger partial charge in [-0.3, -0.25) is 0 Å². The molecule has 0 radical (unpaired) electrons. The molecule has 0 amide bonds. The van der Waals surface area contributed by atoms with Gasteiger partial charge in [-0.15, -0.1) is 0 Å². The Kier molecular flexibility index (Phi) is 0.792. The lowest BCUT2D eigenvalue weighted by Crippen LogP contribution is -2.17. The molecule has 0 spiro atoms. The summed E-state index contributed by atoms with van der Waals surface area (Å²) in [6.07, 6.45) is 3.43. The summed E-state index contributed by atoms with van der Waals surface area (Å²) in [4.78, 5) is 2.33.